The normalized spacial score (nSPS) is 16.7. The Morgan fingerprint density at radius 3 is 2.55 bits per heavy atom. The molecule has 122 valence electrons. The molecule has 1 aliphatic rings. The first-order valence-corrected chi connectivity index (χ1v) is 6.78. The topological polar surface area (TPSA) is 62.2 Å². The summed E-state index contributed by atoms with van der Waals surface area (Å²) in [6.45, 7) is 2.89. The number of nitrogens with zero attached hydrogens (tertiary/aromatic N) is 2. The Hall–Kier alpha value is -1.54. The molecule has 1 saturated heterocycles. The van der Waals surface area contributed by atoms with Gasteiger partial charge in [-0.1, -0.05) is 0 Å². The zero-order valence-corrected chi connectivity index (χ0v) is 12.6. The van der Waals surface area contributed by atoms with Gasteiger partial charge in [0.15, 0.2) is 5.69 Å². The average Bonchev–Trinajstić information content (AvgIpc) is 2.76. The van der Waals surface area contributed by atoms with E-state index in [4.69, 9.17) is 0 Å². The molecule has 0 aromatic carbocycles. The minimum absolute atomic E-state index is 0. The van der Waals surface area contributed by atoms with E-state index in [0.29, 0.717) is 5.69 Å². The van der Waals surface area contributed by atoms with Gasteiger partial charge in [0.05, 0.1) is 5.69 Å². The highest BCUT2D eigenvalue weighted by Gasteiger charge is 2.37. The first-order valence-electron chi connectivity index (χ1n) is 6.78. The fourth-order valence-corrected chi connectivity index (χ4v) is 2.86. The second-order valence-corrected chi connectivity index (χ2v) is 5.31. The second-order valence-electron chi connectivity index (χ2n) is 5.31. The van der Waals surface area contributed by atoms with Crippen molar-refractivity contribution in [2.24, 2.45) is 0 Å². The number of fused-ring (bicyclic) bond motifs is 1. The van der Waals surface area contributed by atoms with Crippen LogP contribution < -0.4 is 23.3 Å². The number of H-pyrrole nitrogens is 1. The van der Waals surface area contributed by atoms with Gasteiger partial charge in [-0.15, -0.1) is 0 Å². The standard InChI is InChI=1S/C13H15F3N4O.ClH/c1-7-11(13(14,15)16)19-20-9(6-10(21)18-12(7)20)8-2-4-17-5-3-8;/h6,8,17H,2-5H2,1H3,(H,18,21);1H/p-1. The van der Waals surface area contributed by atoms with Gasteiger partial charge in [-0.25, -0.2) is 4.52 Å². The number of hydrogen-bond donors (Lipinski definition) is 2. The number of halogens is 4. The summed E-state index contributed by atoms with van der Waals surface area (Å²) in [5.74, 6) is 0.0384. The lowest BCUT2D eigenvalue weighted by atomic mass is 9.94. The van der Waals surface area contributed by atoms with Crippen LogP contribution in [0.25, 0.3) is 5.65 Å². The summed E-state index contributed by atoms with van der Waals surface area (Å²) < 4.78 is 40.2. The molecular weight excluding hydrogens is 321 g/mol. The highest BCUT2D eigenvalue weighted by atomic mass is 35.5. The van der Waals surface area contributed by atoms with Gasteiger partial charge in [0.1, 0.15) is 5.65 Å². The van der Waals surface area contributed by atoms with Crippen LogP contribution in [0.5, 0.6) is 0 Å². The Morgan fingerprint density at radius 1 is 1.32 bits per heavy atom. The van der Waals surface area contributed by atoms with Crippen LogP contribution in [0.3, 0.4) is 0 Å². The van der Waals surface area contributed by atoms with Crippen molar-refractivity contribution in [1.29, 1.82) is 0 Å². The van der Waals surface area contributed by atoms with Crippen LogP contribution >= 0.6 is 0 Å². The third-order valence-electron chi connectivity index (χ3n) is 3.91. The number of hydrogen-bond acceptors (Lipinski definition) is 3. The minimum Gasteiger partial charge on any atom is -1.00 e. The maximum absolute atomic E-state index is 13.0. The lowest BCUT2D eigenvalue weighted by molar-refractivity contribution is -0.141. The summed E-state index contributed by atoms with van der Waals surface area (Å²) in [5.41, 5.74) is -0.708. The zero-order valence-electron chi connectivity index (χ0n) is 11.8. The molecule has 0 unspecified atom stereocenters. The van der Waals surface area contributed by atoms with E-state index in [2.05, 4.69) is 15.4 Å². The van der Waals surface area contributed by atoms with E-state index in [1.807, 2.05) is 0 Å². The van der Waals surface area contributed by atoms with E-state index in [1.54, 1.807) is 0 Å². The molecule has 0 spiro atoms. The van der Waals surface area contributed by atoms with E-state index in [1.165, 1.54) is 17.5 Å². The van der Waals surface area contributed by atoms with Crippen LogP contribution in [-0.4, -0.2) is 27.7 Å². The number of aromatic amines is 1. The Balaban J connectivity index is 0.00000176. The molecule has 1 aliphatic heterocycles. The van der Waals surface area contributed by atoms with Crippen molar-refractivity contribution in [3.05, 3.63) is 33.4 Å². The number of rotatable bonds is 1. The molecule has 0 amide bonds. The number of piperidine rings is 1. The van der Waals surface area contributed by atoms with Crippen LogP contribution in [0.1, 0.15) is 35.7 Å². The number of nitrogens with one attached hydrogen (secondary N) is 2. The predicted molar refractivity (Wildman–Crippen MR) is 70.4 cm³/mol. The van der Waals surface area contributed by atoms with E-state index < -0.39 is 17.4 Å². The van der Waals surface area contributed by atoms with Gasteiger partial charge in [0, 0.05) is 17.5 Å². The predicted octanol–water partition coefficient (Wildman–Crippen LogP) is -1.18. The molecule has 0 bridgehead atoms. The van der Waals surface area contributed by atoms with Gasteiger partial charge in [-0.05, 0) is 32.9 Å². The summed E-state index contributed by atoms with van der Waals surface area (Å²) >= 11 is 0. The van der Waals surface area contributed by atoms with Gasteiger partial charge in [-0.2, -0.15) is 18.3 Å². The van der Waals surface area contributed by atoms with Crippen LogP contribution in [0, 0.1) is 6.92 Å². The molecule has 2 aromatic heterocycles. The molecule has 2 aromatic rings. The van der Waals surface area contributed by atoms with E-state index >= 15 is 0 Å². The first-order chi connectivity index (χ1) is 9.88. The Labute approximate surface area is 130 Å². The molecule has 5 nitrogen and oxygen atoms in total. The molecule has 0 aliphatic carbocycles. The molecule has 9 heteroatoms. The maximum Gasteiger partial charge on any atom is 0.435 e. The monoisotopic (exact) mass is 335 g/mol. The Kier molecular flexibility index (Phi) is 4.53. The smallest absolute Gasteiger partial charge is 0.435 e. The van der Waals surface area contributed by atoms with Crippen molar-refractivity contribution in [1.82, 2.24) is 19.9 Å². The summed E-state index contributed by atoms with van der Waals surface area (Å²) in [7, 11) is 0. The van der Waals surface area contributed by atoms with Gasteiger partial charge >= 0.3 is 6.18 Å². The summed E-state index contributed by atoms with van der Waals surface area (Å²) in [6, 6.07) is 1.36. The highest BCUT2D eigenvalue weighted by molar-refractivity contribution is 5.50. The van der Waals surface area contributed by atoms with Crippen molar-refractivity contribution >= 4 is 5.65 Å². The Morgan fingerprint density at radius 2 is 1.95 bits per heavy atom. The SMILES string of the molecule is Cc1c(C(F)(F)F)nn2c(C3CCNCC3)cc(=O)[nH]c12.[Cl-]. The van der Waals surface area contributed by atoms with Gasteiger partial charge in [0.25, 0.3) is 5.56 Å². The Bertz CT molecular complexity index is 731. The molecule has 0 atom stereocenters. The molecule has 0 saturated carbocycles. The third-order valence-corrected chi connectivity index (χ3v) is 3.91. The zero-order chi connectivity index (χ0) is 15.2. The van der Waals surface area contributed by atoms with E-state index in [9.17, 15) is 18.0 Å². The summed E-state index contributed by atoms with van der Waals surface area (Å²) in [4.78, 5) is 14.2. The van der Waals surface area contributed by atoms with Crippen molar-refractivity contribution < 1.29 is 25.6 Å². The first kappa shape index (κ1) is 16.8. The molecule has 1 fully saturated rings. The van der Waals surface area contributed by atoms with Crippen molar-refractivity contribution in [2.75, 3.05) is 13.1 Å². The molecule has 22 heavy (non-hydrogen) atoms. The average molecular weight is 336 g/mol. The van der Waals surface area contributed by atoms with E-state index in [0.717, 1.165) is 25.9 Å². The maximum atomic E-state index is 13.0. The highest BCUT2D eigenvalue weighted by Crippen LogP contribution is 2.33. The number of alkyl halides is 3. The summed E-state index contributed by atoms with van der Waals surface area (Å²) in [5, 5.41) is 6.89. The van der Waals surface area contributed by atoms with Crippen LogP contribution in [-0.2, 0) is 6.18 Å². The lowest BCUT2D eigenvalue weighted by Crippen LogP contribution is -3.00. The third kappa shape index (κ3) is 2.85. The second kappa shape index (κ2) is 5.92. The lowest BCUT2D eigenvalue weighted by Gasteiger charge is -2.23. The van der Waals surface area contributed by atoms with Crippen molar-refractivity contribution in [3.63, 3.8) is 0 Å². The van der Waals surface area contributed by atoms with Gasteiger partial charge < -0.3 is 22.7 Å². The van der Waals surface area contributed by atoms with Crippen LogP contribution in [0.2, 0.25) is 0 Å². The van der Waals surface area contributed by atoms with Gasteiger partial charge in [-0.3, -0.25) is 4.79 Å². The van der Waals surface area contributed by atoms with Crippen molar-refractivity contribution in [3.8, 4) is 0 Å². The van der Waals surface area contributed by atoms with Crippen LogP contribution in [0.15, 0.2) is 10.9 Å². The largest absolute Gasteiger partial charge is 1.00 e. The van der Waals surface area contributed by atoms with Crippen molar-refractivity contribution in [2.45, 2.75) is 31.9 Å². The molecule has 3 rings (SSSR count). The minimum atomic E-state index is -4.53. The molecule has 3 heterocycles. The molecule has 2 N–H and O–H groups in total. The molecule has 0 radical (unpaired) electrons. The number of aryl methyl sites for hydroxylation is 1. The quantitative estimate of drug-likeness (QED) is 0.690. The molecular formula is C13H15ClF3N4O-. The summed E-state index contributed by atoms with van der Waals surface area (Å²) in [6.07, 6.45) is -2.98. The van der Waals surface area contributed by atoms with E-state index in [-0.39, 0.29) is 29.5 Å². The fraction of sp³-hybridized carbons (Fsp3) is 0.538. The van der Waals surface area contributed by atoms with Crippen LogP contribution in [0.4, 0.5) is 13.2 Å². The fourth-order valence-electron chi connectivity index (χ4n) is 2.86. The van der Waals surface area contributed by atoms with Gasteiger partial charge in [0.2, 0.25) is 0 Å². The number of aromatic nitrogens is 3.